The van der Waals surface area contributed by atoms with Crippen LogP contribution in [0.5, 0.6) is 0 Å². The smallest absolute Gasteiger partial charge is 0.240 e. The summed E-state index contributed by atoms with van der Waals surface area (Å²) in [6.07, 6.45) is 2.06. The molecule has 2 amide bonds. The highest BCUT2D eigenvalue weighted by atomic mass is 32.1. The van der Waals surface area contributed by atoms with Crippen LogP contribution in [-0.4, -0.2) is 16.8 Å². The third-order valence-corrected chi connectivity index (χ3v) is 8.14. The van der Waals surface area contributed by atoms with Crippen LogP contribution in [0.2, 0.25) is 0 Å². The van der Waals surface area contributed by atoms with Crippen molar-refractivity contribution in [2.75, 3.05) is 4.90 Å². The number of carbonyl (C=O) groups is 2. The lowest BCUT2D eigenvalue weighted by Gasteiger charge is -2.18. The van der Waals surface area contributed by atoms with E-state index in [-0.39, 0.29) is 35.5 Å². The first-order valence-electron chi connectivity index (χ1n) is 10.4. The predicted molar refractivity (Wildman–Crippen MR) is 116 cm³/mol. The average Bonchev–Trinajstić information content (AvgIpc) is 3.39. The molecule has 2 bridgehead atoms. The lowest BCUT2D eigenvalue weighted by molar-refractivity contribution is -0.123. The van der Waals surface area contributed by atoms with E-state index >= 15 is 0 Å². The van der Waals surface area contributed by atoms with Gasteiger partial charge in [-0.2, -0.15) is 0 Å². The number of anilines is 1. The van der Waals surface area contributed by atoms with Crippen LogP contribution in [0, 0.1) is 44.4 Å². The van der Waals surface area contributed by atoms with Crippen molar-refractivity contribution in [3.8, 4) is 11.3 Å². The van der Waals surface area contributed by atoms with Gasteiger partial charge >= 0.3 is 0 Å². The molecular formula is C24H26N2O2S. The van der Waals surface area contributed by atoms with Crippen LogP contribution >= 0.6 is 11.3 Å². The summed E-state index contributed by atoms with van der Waals surface area (Å²) in [4.78, 5) is 33.9. The van der Waals surface area contributed by atoms with Gasteiger partial charge in [-0.1, -0.05) is 23.3 Å². The van der Waals surface area contributed by atoms with Crippen molar-refractivity contribution in [2.24, 2.45) is 23.7 Å². The number of hydrogen-bond acceptors (Lipinski definition) is 4. The Morgan fingerprint density at radius 1 is 1.00 bits per heavy atom. The van der Waals surface area contributed by atoms with Crippen LogP contribution in [0.4, 0.5) is 5.13 Å². The third-order valence-electron chi connectivity index (χ3n) is 7.19. The van der Waals surface area contributed by atoms with Crippen molar-refractivity contribution in [2.45, 2.75) is 47.5 Å². The number of fused-ring (bicyclic) bond motifs is 5. The maximum absolute atomic E-state index is 13.4. The Bertz CT molecular complexity index is 1060. The summed E-state index contributed by atoms with van der Waals surface area (Å²) < 4.78 is 0. The summed E-state index contributed by atoms with van der Waals surface area (Å²) in [5.41, 5.74) is 7.04. The molecule has 2 saturated carbocycles. The molecule has 1 saturated heterocycles. The van der Waals surface area contributed by atoms with Gasteiger partial charge in [0.15, 0.2) is 5.13 Å². The molecule has 1 aromatic heterocycles. The molecule has 2 aromatic rings. The highest BCUT2D eigenvalue weighted by molar-refractivity contribution is 7.16. The van der Waals surface area contributed by atoms with Crippen LogP contribution < -0.4 is 4.90 Å². The van der Waals surface area contributed by atoms with E-state index in [0.717, 1.165) is 29.0 Å². The van der Waals surface area contributed by atoms with E-state index < -0.39 is 0 Å². The minimum absolute atomic E-state index is 0.0358. The lowest BCUT2D eigenvalue weighted by atomic mass is 9.81. The fourth-order valence-electron chi connectivity index (χ4n) is 5.81. The van der Waals surface area contributed by atoms with E-state index in [2.05, 4.69) is 45.9 Å². The fraction of sp³-hybridized carbons (Fsp3) is 0.458. The van der Waals surface area contributed by atoms with Gasteiger partial charge in [0.1, 0.15) is 0 Å². The molecule has 3 fully saturated rings. The molecule has 150 valence electrons. The first kappa shape index (κ1) is 18.7. The number of carbonyl (C=O) groups excluding carboxylic acids is 2. The number of imide groups is 1. The number of aryl methyl sites for hydroxylation is 3. The van der Waals surface area contributed by atoms with Crippen LogP contribution in [0.25, 0.3) is 11.3 Å². The maximum atomic E-state index is 13.4. The van der Waals surface area contributed by atoms with E-state index in [1.165, 1.54) is 38.5 Å². The van der Waals surface area contributed by atoms with E-state index in [9.17, 15) is 9.59 Å². The summed E-state index contributed by atoms with van der Waals surface area (Å²) in [5.74, 6) is 0.0620. The normalized spacial score (nSPS) is 27.9. The number of nitrogens with zero attached hydrogens (tertiary/aromatic N) is 2. The summed E-state index contributed by atoms with van der Waals surface area (Å²) >= 11 is 1.45. The van der Waals surface area contributed by atoms with Gasteiger partial charge in [0, 0.05) is 10.4 Å². The predicted octanol–water partition coefficient (Wildman–Crippen LogP) is 5.22. The highest BCUT2D eigenvalue weighted by Gasteiger charge is 2.64. The molecule has 0 spiro atoms. The molecule has 0 N–H and O–H groups in total. The maximum Gasteiger partial charge on any atom is 0.240 e. The number of allylic oxidation sites excluding steroid dienone is 2. The Hall–Kier alpha value is -2.27. The van der Waals surface area contributed by atoms with E-state index in [1.807, 2.05) is 6.92 Å². The molecule has 0 radical (unpaired) electrons. The van der Waals surface area contributed by atoms with Gasteiger partial charge in [0.25, 0.3) is 0 Å². The number of amides is 2. The van der Waals surface area contributed by atoms with Crippen LogP contribution in [-0.2, 0) is 9.59 Å². The molecule has 2 aliphatic carbocycles. The molecule has 3 aliphatic rings. The quantitative estimate of drug-likeness (QED) is 0.508. The molecule has 2 heterocycles. The topological polar surface area (TPSA) is 50.3 Å². The zero-order valence-corrected chi connectivity index (χ0v) is 18.4. The Morgan fingerprint density at radius 2 is 1.62 bits per heavy atom. The van der Waals surface area contributed by atoms with Crippen molar-refractivity contribution in [1.29, 1.82) is 0 Å². The van der Waals surface area contributed by atoms with Gasteiger partial charge in [0.2, 0.25) is 11.8 Å². The number of thiazole rings is 1. The fourth-order valence-corrected chi connectivity index (χ4v) is 6.76. The monoisotopic (exact) mass is 406 g/mol. The third kappa shape index (κ3) is 2.53. The number of aromatic nitrogens is 1. The van der Waals surface area contributed by atoms with E-state index in [1.54, 1.807) is 0 Å². The first-order chi connectivity index (χ1) is 13.8. The largest absolute Gasteiger partial charge is 0.274 e. The van der Waals surface area contributed by atoms with Gasteiger partial charge in [0.05, 0.1) is 17.5 Å². The van der Waals surface area contributed by atoms with Crippen LogP contribution in [0.3, 0.4) is 0 Å². The first-order valence-corrected chi connectivity index (χ1v) is 11.2. The van der Waals surface area contributed by atoms with E-state index in [0.29, 0.717) is 5.13 Å². The molecule has 4 atom stereocenters. The number of rotatable bonds is 2. The van der Waals surface area contributed by atoms with Gasteiger partial charge in [-0.05, 0) is 76.5 Å². The second-order valence-electron chi connectivity index (χ2n) is 9.01. The molecular weight excluding hydrogens is 380 g/mol. The van der Waals surface area contributed by atoms with E-state index in [4.69, 9.17) is 4.98 Å². The number of hydrogen-bond donors (Lipinski definition) is 0. The van der Waals surface area contributed by atoms with Crippen molar-refractivity contribution in [3.05, 3.63) is 45.3 Å². The van der Waals surface area contributed by atoms with Crippen molar-refractivity contribution < 1.29 is 9.59 Å². The minimum atomic E-state index is -0.180. The SMILES string of the molecule is CC(C)=C1[C@H]2CC[C@H]1[C@@H]1C(=O)N(c3nc(-c4ccc(C)c(C)c4)c(C)s3)C(=O)[C@H]12. The standard InChI is InChI=1S/C24H26N2O2S/c1-11(2)18-16-8-9-17(18)20-19(16)22(27)26(23(20)28)24-25-21(14(5)29-24)15-7-6-12(3)13(4)10-15/h6-7,10,16-17,19-20H,8-9H2,1-5H3/t16-,17-,19+,20+/m1/s1. The van der Waals surface area contributed by atoms with Crippen LogP contribution in [0.15, 0.2) is 29.3 Å². The Kier molecular flexibility index (Phi) is 4.11. The molecule has 4 nitrogen and oxygen atoms in total. The van der Waals surface area contributed by atoms with Crippen molar-refractivity contribution in [3.63, 3.8) is 0 Å². The zero-order chi connectivity index (χ0) is 20.6. The lowest BCUT2D eigenvalue weighted by Crippen LogP contribution is -2.33. The zero-order valence-electron chi connectivity index (χ0n) is 17.6. The molecule has 1 aromatic carbocycles. The minimum Gasteiger partial charge on any atom is -0.274 e. The Morgan fingerprint density at radius 3 is 2.17 bits per heavy atom. The molecule has 0 unspecified atom stereocenters. The summed E-state index contributed by atoms with van der Waals surface area (Å²) in [7, 11) is 0. The second-order valence-corrected chi connectivity index (χ2v) is 10.2. The summed E-state index contributed by atoms with van der Waals surface area (Å²) in [6.45, 7) is 10.4. The highest BCUT2D eigenvalue weighted by Crippen LogP contribution is 2.60. The second kappa shape index (κ2) is 6.36. The van der Waals surface area contributed by atoms with Crippen molar-refractivity contribution >= 4 is 28.3 Å². The van der Waals surface area contributed by atoms with Gasteiger partial charge in [-0.3, -0.25) is 9.59 Å². The average molecular weight is 407 g/mol. The van der Waals surface area contributed by atoms with Crippen molar-refractivity contribution in [1.82, 2.24) is 4.98 Å². The molecule has 5 heteroatoms. The number of benzene rings is 1. The molecule has 5 rings (SSSR count). The van der Waals surface area contributed by atoms with Gasteiger partial charge in [-0.15, -0.1) is 11.3 Å². The molecule has 29 heavy (non-hydrogen) atoms. The van der Waals surface area contributed by atoms with Gasteiger partial charge in [-0.25, -0.2) is 9.88 Å². The Labute approximate surface area is 175 Å². The summed E-state index contributed by atoms with van der Waals surface area (Å²) in [6, 6.07) is 6.29. The Balaban J connectivity index is 1.52. The molecule has 1 aliphatic heterocycles. The van der Waals surface area contributed by atoms with Crippen LogP contribution in [0.1, 0.15) is 42.7 Å². The summed E-state index contributed by atoms with van der Waals surface area (Å²) in [5, 5.41) is 0.540. The van der Waals surface area contributed by atoms with Gasteiger partial charge < -0.3 is 0 Å².